The van der Waals surface area contributed by atoms with Gasteiger partial charge in [-0.2, -0.15) is 0 Å². The molecule has 3 N–H and O–H groups in total. The summed E-state index contributed by atoms with van der Waals surface area (Å²) < 4.78 is 0. The SMILES string of the molecule is NC1(c2ccc(C3N=C4C=CC(CO)=CN4C3c3ccccc3)cc2)CCC1. The average Bonchev–Trinajstić information content (AvgIpc) is 3.11. The molecular weight excluding hydrogens is 346 g/mol. The molecule has 4 heteroatoms. The van der Waals surface area contributed by atoms with E-state index in [0.717, 1.165) is 24.3 Å². The summed E-state index contributed by atoms with van der Waals surface area (Å²) in [5.41, 5.74) is 10.9. The van der Waals surface area contributed by atoms with Gasteiger partial charge < -0.3 is 15.7 Å². The van der Waals surface area contributed by atoms with Gasteiger partial charge in [-0.3, -0.25) is 4.99 Å². The van der Waals surface area contributed by atoms with Crippen molar-refractivity contribution >= 4 is 5.84 Å². The third-order valence-electron chi connectivity index (χ3n) is 6.28. The van der Waals surface area contributed by atoms with Crippen LogP contribution in [0.5, 0.6) is 0 Å². The molecule has 0 spiro atoms. The highest BCUT2D eigenvalue weighted by molar-refractivity contribution is 5.97. The molecule has 2 aromatic rings. The predicted octanol–water partition coefficient (Wildman–Crippen LogP) is 3.97. The standard InChI is InChI=1S/C24H25N3O/c25-24(13-4-14-24)20-10-8-18(9-11-20)22-23(19-5-2-1-3-6-19)27-15-17(16-28)7-12-21(27)26-22/h1-3,5-12,15,22-23,28H,4,13-14,16,25H2. The number of nitrogens with two attached hydrogens (primary N) is 1. The number of hydrogen-bond acceptors (Lipinski definition) is 4. The smallest absolute Gasteiger partial charge is 0.128 e. The van der Waals surface area contributed by atoms with E-state index in [1.165, 1.54) is 23.1 Å². The zero-order chi connectivity index (χ0) is 19.1. The molecule has 142 valence electrons. The van der Waals surface area contributed by atoms with Crippen LogP contribution in [0.2, 0.25) is 0 Å². The van der Waals surface area contributed by atoms with Crippen LogP contribution < -0.4 is 5.73 Å². The first-order valence-corrected chi connectivity index (χ1v) is 9.98. The van der Waals surface area contributed by atoms with E-state index in [9.17, 15) is 5.11 Å². The molecule has 3 aliphatic rings. The van der Waals surface area contributed by atoms with E-state index in [-0.39, 0.29) is 24.2 Å². The maximum Gasteiger partial charge on any atom is 0.128 e. The Balaban J connectivity index is 1.53. The molecule has 1 aliphatic carbocycles. The molecule has 1 fully saturated rings. The van der Waals surface area contributed by atoms with Crippen molar-refractivity contribution in [2.45, 2.75) is 36.9 Å². The first-order valence-electron chi connectivity index (χ1n) is 9.98. The van der Waals surface area contributed by atoms with Crippen molar-refractivity contribution in [3.05, 3.63) is 95.2 Å². The molecule has 0 saturated heterocycles. The van der Waals surface area contributed by atoms with E-state index < -0.39 is 0 Å². The number of aliphatic hydroxyl groups is 1. The van der Waals surface area contributed by atoms with E-state index in [4.69, 9.17) is 10.7 Å². The van der Waals surface area contributed by atoms with Crippen molar-refractivity contribution in [3.8, 4) is 0 Å². The Morgan fingerprint density at radius 2 is 1.75 bits per heavy atom. The second-order valence-corrected chi connectivity index (χ2v) is 8.02. The molecule has 2 aromatic carbocycles. The number of benzene rings is 2. The lowest BCUT2D eigenvalue weighted by Crippen LogP contribution is -2.43. The third kappa shape index (κ3) is 2.81. The maximum atomic E-state index is 9.59. The second-order valence-electron chi connectivity index (χ2n) is 8.02. The second kappa shape index (κ2) is 6.73. The fraction of sp³-hybridized carbons (Fsp3) is 0.292. The van der Waals surface area contributed by atoms with Crippen molar-refractivity contribution in [1.82, 2.24) is 4.90 Å². The summed E-state index contributed by atoms with van der Waals surface area (Å²) in [6, 6.07) is 19.3. The van der Waals surface area contributed by atoms with Gasteiger partial charge in [0.1, 0.15) is 11.9 Å². The van der Waals surface area contributed by atoms with Crippen LogP contribution in [0.4, 0.5) is 0 Å². The number of aliphatic imine (C=N–C) groups is 1. The number of nitrogens with zero attached hydrogens (tertiary/aromatic N) is 2. The van der Waals surface area contributed by atoms with E-state index >= 15 is 0 Å². The van der Waals surface area contributed by atoms with Crippen LogP contribution in [-0.4, -0.2) is 22.4 Å². The van der Waals surface area contributed by atoms with E-state index in [1.807, 2.05) is 24.4 Å². The van der Waals surface area contributed by atoms with Crippen LogP contribution in [0, 0.1) is 0 Å². The van der Waals surface area contributed by atoms with Gasteiger partial charge in [0, 0.05) is 11.7 Å². The Hall–Kier alpha value is -2.69. The van der Waals surface area contributed by atoms with E-state index in [1.54, 1.807) is 0 Å². The van der Waals surface area contributed by atoms with Crippen molar-refractivity contribution in [2.24, 2.45) is 10.7 Å². The number of amidine groups is 1. The van der Waals surface area contributed by atoms with Crippen molar-refractivity contribution in [2.75, 3.05) is 6.61 Å². The van der Waals surface area contributed by atoms with Crippen molar-refractivity contribution in [1.29, 1.82) is 0 Å². The Labute approximate surface area is 165 Å². The number of hydrogen-bond donors (Lipinski definition) is 2. The summed E-state index contributed by atoms with van der Waals surface area (Å²) in [6.45, 7) is 0.0275. The van der Waals surface area contributed by atoms with Crippen LogP contribution in [0.15, 0.2) is 83.5 Å². The molecule has 4 nitrogen and oxygen atoms in total. The number of aliphatic hydroxyl groups excluding tert-OH is 1. The molecule has 2 unspecified atom stereocenters. The molecule has 0 amide bonds. The summed E-state index contributed by atoms with van der Waals surface area (Å²) in [6.07, 6.45) is 9.31. The third-order valence-corrected chi connectivity index (χ3v) is 6.28. The molecule has 28 heavy (non-hydrogen) atoms. The minimum absolute atomic E-state index is 0.000470. The molecule has 1 saturated carbocycles. The van der Waals surface area contributed by atoms with Gasteiger partial charge >= 0.3 is 0 Å². The van der Waals surface area contributed by atoms with E-state index in [2.05, 4.69) is 53.4 Å². The molecule has 2 heterocycles. The summed E-state index contributed by atoms with van der Waals surface area (Å²) in [5.74, 6) is 0.939. The predicted molar refractivity (Wildman–Crippen MR) is 112 cm³/mol. The summed E-state index contributed by atoms with van der Waals surface area (Å²) in [4.78, 5) is 7.22. The van der Waals surface area contributed by atoms with Crippen molar-refractivity contribution < 1.29 is 5.11 Å². The van der Waals surface area contributed by atoms with Crippen molar-refractivity contribution in [3.63, 3.8) is 0 Å². The van der Waals surface area contributed by atoms with Crippen LogP contribution in [0.25, 0.3) is 0 Å². The summed E-state index contributed by atoms with van der Waals surface area (Å²) >= 11 is 0. The largest absolute Gasteiger partial charge is 0.392 e. The van der Waals surface area contributed by atoms with Gasteiger partial charge in [0.05, 0.1) is 12.6 Å². The highest BCUT2D eigenvalue weighted by atomic mass is 16.3. The van der Waals surface area contributed by atoms with Crippen LogP contribution >= 0.6 is 0 Å². The molecular formula is C24H25N3O. The first kappa shape index (κ1) is 17.4. The van der Waals surface area contributed by atoms with Crippen LogP contribution in [0.3, 0.4) is 0 Å². The quantitative estimate of drug-likeness (QED) is 0.855. The molecule has 2 aliphatic heterocycles. The molecule has 0 aromatic heterocycles. The van der Waals surface area contributed by atoms with Gasteiger partial charge in [0.15, 0.2) is 0 Å². The fourth-order valence-electron chi connectivity index (χ4n) is 4.46. The van der Waals surface area contributed by atoms with Gasteiger partial charge in [0.25, 0.3) is 0 Å². The fourth-order valence-corrected chi connectivity index (χ4v) is 4.46. The van der Waals surface area contributed by atoms with Gasteiger partial charge in [-0.05, 0) is 47.6 Å². The Morgan fingerprint density at radius 1 is 1.00 bits per heavy atom. The topological polar surface area (TPSA) is 61.9 Å². The highest BCUT2D eigenvalue weighted by Crippen LogP contribution is 2.45. The lowest BCUT2D eigenvalue weighted by atomic mass is 9.72. The van der Waals surface area contributed by atoms with Gasteiger partial charge in [-0.25, -0.2) is 0 Å². The normalized spacial score (nSPS) is 25.0. The summed E-state index contributed by atoms with van der Waals surface area (Å²) in [7, 11) is 0. The molecule has 2 atom stereocenters. The molecule has 0 radical (unpaired) electrons. The maximum absolute atomic E-state index is 9.59. The lowest BCUT2D eigenvalue weighted by Gasteiger charge is -2.38. The Kier molecular flexibility index (Phi) is 4.18. The van der Waals surface area contributed by atoms with Crippen LogP contribution in [0.1, 0.15) is 48.0 Å². The van der Waals surface area contributed by atoms with Gasteiger partial charge in [-0.15, -0.1) is 0 Å². The van der Waals surface area contributed by atoms with Gasteiger partial charge in [-0.1, -0.05) is 60.7 Å². The van der Waals surface area contributed by atoms with Gasteiger partial charge in [0.2, 0.25) is 0 Å². The van der Waals surface area contributed by atoms with Crippen LogP contribution in [-0.2, 0) is 5.54 Å². The zero-order valence-electron chi connectivity index (χ0n) is 15.8. The molecule has 5 rings (SSSR count). The Morgan fingerprint density at radius 3 is 2.39 bits per heavy atom. The first-order chi connectivity index (χ1) is 13.7. The Bertz CT molecular complexity index is 955. The molecule has 0 bridgehead atoms. The minimum atomic E-state index is -0.141. The van der Waals surface area contributed by atoms with E-state index in [0.29, 0.717) is 0 Å². The average molecular weight is 371 g/mol. The summed E-state index contributed by atoms with van der Waals surface area (Å²) in [5, 5.41) is 9.59. The number of fused-ring (bicyclic) bond motifs is 1. The minimum Gasteiger partial charge on any atom is -0.392 e. The lowest BCUT2D eigenvalue weighted by molar-refractivity contribution is 0.253. The zero-order valence-corrected chi connectivity index (χ0v) is 15.8. The monoisotopic (exact) mass is 371 g/mol. The number of rotatable bonds is 4. The highest BCUT2D eigenvalue weighted by Gasteiger charge is 2.38.